The number of hydrogen-bond donors (Lipinski definition) is 1. The first-order valence-electron chi connectivity index (χ1n) is 6.44. The second kappa shape index (κ2) is 4.79. The van der Waals surface area contributed by atoms with E-state index >= 15 is 0 Å². The summed E-state index contributed by atoms with van der Waals surface area (Å²) in [5, 5.41) is 9.14. The van der Waals surface area contributed by atoms with E-state index in [0.717, 1.165) is 6.42 Å². The maximum atomic E-state index is 12.5. The first-order chi connectivity index (χ1) is 8.43. The Labute approximate surface area is 108 Å². The van der Waals surface area contributed by atoms with Crippen LogP contribution >= 0.6 is 0 Å². The van der Waals surface area contributed by atoms with Crippen molar-refractivity contribution in [2.45, 2.75) is 45.2 Å². The van der Waals surface area contributed by atoms with E-state index in [0.29, 0.717) is 25.9 Å². The van der Waals surface area contributed by atoms with Gasteiger partial charge in [0.05, 0.1) is 5.92 Å². The van der Waals surface area contributed by atoms with Gasteiger partial charge in [0.1, 0.15) is 0 Å². The highest BCUT2D eigenvalue weighted by Gasteiger charge is 2.55. The van der Waals surface area contributed by atoms with Crippen molar-refractivity contribution in [2.24, 2.45) is 5.92 Å². The van der Waals surface area contributed by atoms with Crippen LogP contribution in [0.1, 0.15) is 33.1 Å². The Morgan fingerprint density at radius 3 is 2.39 bits per heavy atom. The molecular formula is C11H20N2O4S. The molecule has 0 amide bonds. The highest BCUT2D eigenvalue weighted by atomic mass is 32.2. The minimum absolute atomic E-state index is 0.123. The van der Waals surface area contributed by atoms with Crippen LogP contribution in [-0.2, 0) is 15.0 Å². The Morgan fingerprint density at radius 2 is 1.94 bits per heavy atom. The third-order valence-electron chi connectivity index (χ3n) is 4.09. The summed E-state index contributed by atoms with van der Waals surface area (Å²) >= 11 is 0. The number of nitrogens with zero attached hydrogens (tertiary/aromatic N) is 2. The van der Waals surface area contributed by atoms with Crippen LogP contribution in [0.25, 0.3) is 0 Å². The second-order valence-electron chi connectivity index (χ2n) is 4.90. The molecule has 2 aliphatic heterocycles. The maximum absolute atomic E-state index is 12.5. The predicted molar refractivity (Wildman–Crippen MR) is 66.2 cm³/mol. The van der Waals surface area contributed by atoms with E-state index in [2.05, 4.69) is 0 Å². The summed E-state index contributed by atoms with van der Waals surface area (Å²) < 4.78 is 27.8. The molecule has 3 atom stereocenters. The summed E-state index contributed by atoms with van der Waals surface area (Å²) in [6.07, 6.45) is 1.91. The van der Waals surface area contributed by atoms with Crippen molar-refractivity contribution in [1.82, 2.24) is 8.61 Å². The summed E-state index contributed by atoms with van der Waals surface area (Å²) in [4.78, 5) is 11.1. The molecule has 7 heteroatoms. The number of carboxylic acid groups (broad SMARTS) is 1. The van der Waals surface area contributed by atoms with Crippen molar-refractivity contribution in [3.05, 3.63) is 0 Å². The smallest absolute Gasteiger partial charge is 0.308 e. The average Bonchev–Trinajstić information content (AvgIpc) is 2.87. The largest absolute Gasteiger partial charge is 0.481 e. The molecule has 104 valence electrons. The SMILES string of the molecule is CCN(CC)S(=O)(=O)N1C2CCC1C(C(=O)O)C2. The van der Waals surface area contributed by atoms with Crippen LogP contribution in [0.4, 0.5) is 0 Å². The molecule has 2 bridgehead atoms. The molecule has 0 spiro atoms. The van der Waals surface area contributed by atoms with Gasteiger partial charge in [-0.2, -0.15) is 17.0 Å². The lowest BCUT2D eigenvalue weighted by molar-refractivity contribution is -0.142. The molecule has 0 radical (unpaired) electrons. The van der Waals surface area contributed by atoms with Gasteiger partial charge >= 0.3 is 5.97 Å². The summed E-state index contributed by atoms with van der Waals surface area (Å²) in [5.41, 5.74) is 0. The molecule has 2 fully saturated rings. The van der Waals surface area contributed by atoms with Gasteiger partial charge in [0.25, 0.3) is 10.2 Å². The van der Waals surface area contributed by atoms with E-state index in [1.165, 1.54) is 8.61 Å². The summed E-state index contributed by atoms with van der Waals surface area (Å²) in [6.45, 7) is 4.44. The molecule has 3 unspecified atom stereocenters. The molecule has 0 aromatic rings. The van der Waals surface area contributed by atoms with E-state index in [9.17, 15) is 13.2 Å². The normalized spacial score (nSPS) is 32.3. The zero-order valence-electron chi connectivity index (χ0n) is 10.7. The fourth-order valence-corrected chi connectivity index (χ4v) is 5.33. The van der Waals surface area contributed by atoms with Gasteiger partial charge < -0.3 is 5.11 Å². The molecule has 2 saturated heterocycles. The Bertz CT molecular complexity index is 432. The molecular weight excluding hydrogens is 256 g/mol. The number of carbonyl (C=O) groups is 1. The number of hydrogen-bond acceptors (Lipinski definition) is 3. The number of aliphatic carboxylic acids is 1. The lowest BCUT2D eigenvalue weighted by Gasteiger charge is -2.28. The number of carboxylic acids is 1. The van der Waals surface area contributed by atoms with Crippen molar-refractivity contribution < 1.29 is 18.3 Å². The Kier molecular flexibility index (Phi) is 3.66. The third kappa shape index (κ3) is 1.94. The summed E-state index contributed by atoms with van der Waals surface area (Å²) in [7, 11) is -3.50. The summed E-state index contributed by atoms with van der Waals surface area (Å²) in [5.74, 6) is -1.41. The molecule has 2 aliphatic rings. The van der Waals surface area contributed by atoms with Gasteiger partial charge in [0, 0.05) is 25.2 Å². The van der Waals surface area contributed by atoms with Crippen LogP contribution in [0.3, 0.4) is 0 Å². The van der Waals surface area contributed by atoms with E-state index in [4.69, 9.17) is 5.11 Å². The van der Waals surface area contributed by atoms with Crippen LogP contribution in [0.15, 0.2) is 0 Å². The van der Waals surface area contributed by atoms with Gasteiger partial charge in [-0.1, -0.05) is 13.8 Å². The molecule has 2 heterocycles. The van der Waals surface area contributed by atoms with E-state index in [1.807, 2.05) is 0 Å². The van der Waals surface area contributed by atoms with Gasteiger partial charge in [-0.05, 0) is 19.3 Å². The lowest BCUT2D eigenvalue weighted by atomic mass is 9.89. The molecule has 18 heavy (non-hydrogen) atoms. The predicted octanol–water partition coefficient (Wildman–Crippen LogP) is 0.510. The maximum Gasteiger partial charge on any atom is 0.308 e. The average molecular weight is 276 g/mol. The highest BCUT2D eigenvalue weighted by molar-refractivity contribution is 7.86. The van der Waals surface area contributed by atoms with Crippen LogP contribution in [0.2, 0.25) is 0 Å². The van der Waals surface area contributed by atoms with Crippen molar-refractivity contribution in [3.8, 4) is 0 Å². The van der Waals surface area contributed by atoms with Gasteiger partial charge in [-0.25, -0.2) is 0 Å². The quantitative estimate of drug-likeness (QED) is 0.793. The molecule has 0 saturated carbocycles. The standard InChI is InChI=1S/C11H20N2O4S/c1-3-12(4-2)18(16,17)13-8-5-6-10(13)9(7-8)11(14)15/h8-10H,3-7H2,1-2H3,(H,14,15). The Morgan fingerprint density at radius 1 is 1.33 bits per heavy atom. The Balaban J connectivity index is 2.28. The Hall–Kier alpha value is -0.660. The van der Waals surface area contributed by atoms with Gasteiger partial charge in [0.15, 0.2) is 0 Å². The van der Waals surface area contributed by atoms with Crippen LogP contribution in [0, 0.1) is 5.92 Å². The fourth-order valence-electron chi connectivity index (χ4n) is 3.25. The minimum Gasteiger partial charge on any atom is -0.481 e. The van der Waals surface area contributed by atoms with E-state index in [1.54, 1.807) is 13.8 Å². The van der Waals surface area contributed by atoms with Gasteiger partial charge in [-0.15, -0.1) is 0 Å². The van der Waals surface area contributed by atoms with Crippen molar-refractivity contribution in [1.29, 1.82) is 0 Å². The highest BCUT2D eigenvalue weighted by Crippen LogP contribution is 2.44. The molecule has 2 rings (SSSR count). The van der Waals surface area contributed by atoms with Crippen molar-refractivity contribution >= 4 is 16.2 Å². The van der Waals surface area contributed by atoms with E-state index < -0.39 is 22.1 Å². The first kappa shape index (κ1) is 13.8. The summed E-state index contributed by atoms with van der Waals surface area (Å²) in [6, 6.07) is -0.472. The first-order valence-corrected chi connectivity index (χ1v) is 7.84. The van der Waals surface area contributed by atoms with Crippen molar-refractivity contribution in [3.63, 3.8) is 0 Å². The topological polar surface area (TPSA) is 77.9 Å². The van der Waals surface area contributed by atoms with E-state index in [-0.39, 0.29) is 12.1 Å². The number of fused-ring (bicyclic) bond motifs is 2. The van der Waals surface area contributed by atoms with Gasteiger partial charge in [0.2, 0.25) is 0 Å². The molecule has 1 N–H and O–H groups in total. The zero-order chi connectivity index (χ0) is 13.5. The van der Waals surface area contributed by atoms with Crippen LogP contribution in [-0.4, -0.2) is 53.3 Å². The van der Waals surface area contributed by atoms with Crippen LogP contribution < -0.4 is 0 Å². The lowest BCUT2D eigenvalue weighted by Crippen LogP contribution is -2.47. The monoisotopic (exact) mass is 276 g/mol. The van der Waals surface area contributed by atoms with Crippen LogP contribution in [0.5, 0.6) is 0 Å². The minimum atomic E-state index is -3.50. The zero-order valence-corrected chi connectivity index (χ0v) is 11.6. The molecule has 6 nitrogen and oxygen atoms in total. The second-order valence-corrected chi connectivity index (χ2v) is 6.73. The van der Waals surface area contributed by atoms with Gasteiger partial charge in [-0.3, -0.25) is 4.79 Å². The molecule has 0 aromatic heterocycles. The third-order valence-corrected chi connectivity index (χ3v) is 6.36. The molecule has 0 aliphatic carbocycles. The molecule has 0 aromatic carbocycles. The fraction of sp³-hybridized carbons (Fsp3) is 0.909. The van der Waals surface area contributed by atoms with Crippen molar-refractivity contribution in [2.75, 3.05) is 13.1 Å². The number of rotatable bonds is 5.